The Kier molecular flexibility index (Phi) is 3.57. The van der Waals surface area contributed by atoms with Crippen molar-refractivity contribution in [2.75, 3.05) is 6.54 Å². The maximum atomic E-state index is 11.7. The van der Waals surface area contributed by atoms with Gasteiger partial charge < -0.3 is 15.7 Å². The van der Waals surface area contributed by atoms with Crippen molar-refractivity contribution in [3.8, 4) is 0 Å². The number of carbonyl (C=O) groups is 2. The zero-order valence-corrected chi connectivity index (χ0v) is 10.1. The molecule has 2 atom stereocenters. The second-order valence-corrected chi connectivity index (χ2v) is 5.55. The van der Waals surface area contributed by atoms with Gasteiger partial charge in [0.25, 0.3) is 0 Å². The summed E-state index contributed by atoms with van der Waals surface area (Å²) in [6.07, 6.45) is 0.994. The zero-order valence-electron chi connectivity index (χ0n) is 10.1. The summed E-state index contributed by atoms with van der Waals surface area (Å²) >= 11 is 0. The highest BCUT2D eigenvalue weighted by atomic mass is 16.4. The van der Waals surface area contributed by atoms with Crippen LogP contribution in [0.3, 0.4) is 0 Å². The number of nitrogens with two attached hydrogens (primary N) is 1. The molecule has 0 aliphatic carbocycles. The lowest BCUT2D eigenvalue weighted by atomic mass is 9.87. The summed E-state index contributed by atoms with van der Waals surface area (Å²) in [6, 6.07) is -1.28. The first kappa shape index (κ1) is 13.0. The molecular formula is C11H20N2O3. The van der Waals surface area contributed by atoms with Crippen LogP contribution in [0, 0.1) is 5.41 Å². The van der Waals surface area contributed by atoms with E-state index in [1.54, 1.807) is 0 Å². The lowest BCUT2D eigenvalue weighted by Crippen LogP contribution is -2.46. The average molecular weight is 228 g/mol. The molecule has 3 N–H and O–H groups in total. The van der Waals surface area contributed by atoms with Crippen LogP contribution in [0.5, 0.6) is 0 Å². The van der Waals surface area contributed by atoms with E-state index in [1.807, 2.05) is 20.8 Å². The normalized spacial score (nSPS) is 23.6. The van der Waals surface area contributed by atoms with Crippen LogP contribution in [-0.2, 0) is 9.59 Å². The van der Waals surface area contributed by atoms with Gasteiger partial charge in [-0.15, -0.1) is 0 Å². The van der Waals surface area contributed by atoms with Crippen LogP contribution < -0.4 is 5.73 Å². The molecule has 0 unspecified atom stereocenters. The van der Waals surface area contributed by atoms with Gasteiger partial charge in [-0.2, -0.15) is 0 Å². The Morgan fingerprint density at radius 3 is 2.50 bits per heavy atom. The molecule has 0 saturated carbocycles. The van der Waals surface area contributed by atoms with Crippen molar-refractivity contribution in [1.29, 1.82) is 0 Å². The average Bonchev–Trinajstić information content (AvgIpc) is 2.42. The van der Waals surface area contributed by atoms with Crippen LogP contribution >= 0.6 is 0 Å². The summed E-state index contributed by atoms with van der Waals surface area (Å²) in [5.41, 5.74) is 5.46. The highest BCUT2D eigenvalue weighted by Crippen LogP contribution is 2.26. The number of rotatable bonds is 3. The summed E-state index contributed by atoms with van der Waals surface area (Å²) in [7, 11) is 0. The minimum atomic E-state index is -0.947. The van der Waals surface area contributed by atoms with Crippen LogP contribution in [-0.4, -0.2) is 40.5 Å². The van der Waals surface area contributed by atoms with Gasteiger partial charge in [0.1, 0.15) is 6.04 Å². The third-order valence-corrected chi connectivity index (χ3v) is 2.75. The summed E-state index contributed by atoms with van der Waals surface area (Å²) < 4.78 is 0. The van der Waals surface area contributed by atoms with Crippen molar-refractivity contribution in [3.63, 3.8) is 0 Å². The number of amides is 1. The molecule has 16 heavy (non-hydrogen) atoms. The topological polar surface area (TPSA) is 83.6 Å². The standard InChI is InChI=1S/C11H20N2O3/c1-11(2,3)6-8(10(15)16)13-5-4-7(12)9(13)14/h7-8H,4-6,12H2,1-3H3,(H,15,16)/t7-,8+/m1/s1. The van der Waals surface area contributed by atoms with Crippen molar-refractivity contribution >= 4 is 11.9 Å². The van der Waals surface area contributed by atoms with Gasteiger partial charge in [-0.25, -0.2) is 4.79 Å². The molecule has 1 fully saturated rings. The van der Waals surface area contributed by atoms with E-state index >= 15 is 0 Å². The Balaban J connectivity index is 2.79. The van der Waals surface area contributed by atoms with Crippen LogP contribution in [0.25, 0.3) is 0 Å². The molecule has 1 rings (SSSR count). The van der Waals surface area contributed by atoms with Crippen molar-refractivity contribution in [2.45, 2.75) is 45.7 Å². The third-order valence-electron chi connectivity index (χ3n) is 2.75. The molecule has 0 radical (unpaired) electrons. The molecule has 1 heterocycles. The first-order valence-electron chi connectivity index (χ1n) is 5.51. The SMILES string of the molecule is CC(C)(C)C[C@@H](C(=O)O)N1CC[C@@H](N)C1=O. The molecule has 5 heteroatoms. The van der Waals surface area contributed by atoms with Crippen molar-refractivity contribution < 1.29 is 14.7 Å². The second-order valence-electron chi connectivity index (χ2n) is 5.55. The quantitative estimate of drug-likeness (QED) is 0.734. The van der Waals surface area contributed by atoms with Gasteiger partial charge in [-0.1, -0.05) is 20.8 Å². The molecule has 0 bridgehead atoms. The fraction of sp³-hybridized carbons (Fsp3) is 0.818. The number of aliphatic carboxylic acids is 1. The van der Waals surface area contributed by atoms with Gasteiger partial charge in [-0.05, 0) is 18.3 Å². The molecule has 0 aromatic carbocycles. The van der Waals surface area contributed by atoms with Gasteiger partial charge in [0.05, 0.1) is 6.04 Å². The first-order chi connectivity index (χ1) is 7.22. The third kappa shape index (κ3) is 2.95. The Bertz CT molecular complexity index is 296. The number of likely N-dealkylation sites (tertiary alicyclic amines) is 1. The van der Waals surface area contributed by atoms with E-state index in [1.165, 1.54) is 4.90 Å². The van der Waals surface area contributed by atoms with Crippen LogP contribution in [0.4, 0.5) is 0 Å². The van der Waals surface area contributed by atoms with Crippen LogP contribution in [0.2, 0.25) is 0 Å². The van der Waals surface area contributed by atoms with E-state index in [-0.39, 0.29) is 11.3 Å². The molecular weight excluding hydrogens is 208 g/mol. The van der Waals surface area contributed by atoms with Crippen molar-refractivity contribution in [3.05, 3.63) is 0 Å². The van der Waals surface area contributed by atoms with Gasteiger partial charge in [0, 0.05) is 6.54 Å². The van der Waals surface area contributed by atoms with Gasteiger partial charge >= 0.3 is 5.97 Å². The van der Waals surface area contributed by atoms with Crippen molar-refractivity contribution in [2.24, 2.45) is 11.1 Å². The van der Waals surface area contributed by atoms with E-state index in [9.17, 15) is 9.59 Å². The van der Waals surface area contributed by atoms with E-state index in [4.69, 9.17) is 10.8 Å². The van der Waals surface area contributed by atoms with E-state index < -0.39 is 18.1 Å². The molecule has 1 aliphatic rings. The lowest BCUT2D eigenvalue weighted by molar-refractivity contribution is -0.149. The lowest BCUT2D eigenvalue weighted by Gasteiger charge is -2.30. The van der Waals surface area contributed by atoms with Crippen molar-refractivity contribution in [1.82, 2.24) is 4.90 Å². The van der Waals surface area contributed by atoms with Crippen LogP contribution in [0.1, 0.15) is 33.6 Å². The number of hydrogen-bond acceptors (Lipinski definition) is 3. The second kappa shape index (κ2) is 4.41. The smallest absolute Gasteiger partial charge is 0.326 e. The van der Waals surface area contributed by atoms with E-state index in [0.29, 0.717) is 19.4 Å². The predicted octanol–water partition coefficient (Wildman–Crippen LogP) is 0.435. The summed E-state index contributed by atoms with van der Waals surface area (Å²) in [6.45, 7) is 6.34. The Morgan fingerprint density at radius 1 is 1.62 bits per heavy atom. The highest BCUT2D eigenvalue weighted by Gasteiger charge is 2.38. The number of hydrogen-bond donors (Lipinski definition) is 2. The summed E-state index contributed by atoms with van der Waals surface area (Å²) in [4.78, 5) is 24.3. The Labute approximate surface area is 95.6 Å². The Morgan fingerprint density at radius 2 is 2.19 bits per heavy atom. The molecule has 0 aromatic heterocycles. The number of carbonyl (C=O) groups excluding carboxylic acids is 1. The molecule has 5 nitrogen and oxygen atoms in total. The molecule has 1 aliphatic heterocycles. The number of nitrogens with zero attached hydrogens (tertiary/aromatic N) is 1. The zero-order chi connectivity index (χ0) is 12.5. The van der Waals surface area contributed by atoms with E-state index in [0.717, 1.165) is 0 Å². The van der Waals surface area contributed by atoms with Gasteiger partial charge in [0.15, 0.2) is 0 Å². The fourth-order valence-corrected chi connectivity index (χ4v) is 1.95. The molecule has 1 saturated heterocycles. The van der Waals surface area contributed by atoms with Gasteiger partial charge in [-0.3, -0.25) is 4.79 Å². The number of carboxylic acid groups (broad SMARTS) is 1. The minimum Gasteiger partial charge on any atom is -0.480 e. The monoisotopic (exact) mass is 228 g/mol. The van der Waals surface area contributed by atoms with Crippen LogP contribution in [0.15, 0.2) is 0 Å². The van der Waals surface area contributed by atoms with Gasteiger partial charge in [0.2, 0.25) is 5.91 Å². The maximum Gasteiger partial charge on any atom is 0.326 e. The highest BCUT2D eigenvalue weighted by molar-refractivity contribution is 5.88. The Hall–Kier alpha value is -1.10. The first-order valence-corrected chi connectivity index (χ1v) is 5.51. The molecule has 92 valence electrons. The molecule has 0 aromatic rings. The fourth-order valence-electron chi connectivity index (χ4n) is 1.95. The summed E-state index contributed by atoms with van der Waals surface area (Å²) in [5.74, 6) is -1.19. The van der Waals surface area contributed by atoms with E-state index in [2.05, 4.69) is 0 Å². The summed E-state index contributed by atoms with van der Waals surface area (Å²) in [5, 5.41) is 9.17. The molecule has 1 amide bonds. The minimum absolute atomic E-state index is 0.129. The molecule has 0 spiro atoms. The maximum absolute atomic E-state index is 11.7. The predicted molar refractivity (Wildman–Crippen MR) is 59.8 cm³/mol. The number of carboxylic acids is 1. The largest absolute Gasteiger partial charge is 0.480 e.